The van der Waals surface area contributed by atoms with Gasteiger partial charge in [0.15, 0.2) is 0 Å². The smallest absolute Gasteiger partial charge is 0.253 e. The Labute approximate surface area is 242 Å². The fraction of sp³-hybridized carbons (Fsp3) is 0.176. The summed E-state index contributed by atoms with van der Waals surface area (Å²) >= 11 is 0. The largest absolute Gasteiger partial charge is 0.274 e. The lowest BCUT2D eigenvalue weighted by Crippen LogP contribution is -2.50. The highest BCUT2D eigenvalue weighted by Gasteiger charge is 2.73. The van der Waals surface area contributed by atoms with E-state index in [1.54, 1.807) is 48.5 Å². The van der Waals surface area contributed by atoms with Gasteiger partial charge in [-0.3, -0.25) is 19.2 Å². The molecule has 4 aliphatic rings. The van der Waals surface area contributed by atoms with Crippen LogP contribution >= 0.6 is 0 Å². The van der Waals surface area contributed by atoms with Gasteiger partial charge >= 0.3 is 0 Å². The highest BCUT2D eigenvalue weighted by atomic mass is 16.2. The van der Waals surface area contributed by atoms with E-state index in [9.17, 15) is 19.2 Å². The molecule has 0 bridgehead atoms. The highest BCUT2D eigenvalue weighted by molar-refractivity contribution is 6.26. The summed E-state index contributed by atoms with van der Waals surface area (Å²) in [5.41, 5.74) is 2.66. The lowest BCUT2D eigenvalue weighted by molar-refractivity contribution is -0.136. The number of hydrazine groups is 1. The Hall–Kier alpha value is -4.92. The predicted molar refractivity (Wildman–Crippen MR) is 154 cm³/mol. The molecule has 8 heteroatoms. The Balaban J connectivity index is 1.33. The van der Waals surface area contributed by atoms with E-state index in [0.717, 1.165) is 11.1 Å². The van der Waals surface area contributed by atoms with Gasteiger partial charge < -0.3 is 0 Å². The van der Waals surface area contributed by atoms with Crippen molar-refractivity contribution in [3.63, 3.8) is 0 Å². The molecule has 8 rings (SSSR count). The number of imide groups is 2. The van der Waals surface area contributed by atoms with E-state index in [4.69, 9.17) is 0 Å². The van der Waals surface area contributed by atoms with Crippen LogP contribution in [-0.4, -0.2) is 45.7 Å². The Kier molecular flexibility index (Phi) is 5.50. The molecule has 0 aromatic heterocycles. The van der Waals surface area contributed by atoms with Crippen LogP contribution in [0.15, 0.2) is 121 Å². The lowest BCUT2D eigenvalue weighted by atomic mass is 9.84. The van der Waals surface area contributed by atoms with Gasteiger partial charge in [0.2, 0.25) is 11.8 Å². The molecule has 6 unspecified atom stereocenters. The molecule has 4 aliphatic heterocycles. The van der Waals surface area contributed by atoms with Gasteiger partial charge in [-0.1, -0.05) is 97.1 Å². The number of hydrogen-bond donors (Lipinski definition) is 0. The molecule has 0 spiro atoms. The average molecular weight is 555 g/mol. The summed E-state index contributed by atoms with van der Waals surface area (Å²) in [7, 11) is 0. The number of carbonyl (C=O) groups excluding carboxylic acids is 4. The SMILES string of the molecule is O=C1C2C(C(=O)N1c1ccccc1)N1C(c3ccccc3)C3C(=O)N(c4ccccc4)C(=O)C3N1C2c1ccccc1. The van der Waals surface area contributed by atoms with E-state index in [1.165, 1.54) is 9.80 Å². The molecule has 6 atom stereocenters. The Morgan fingerprint density at radius 3 is 1.00 bits per heavy atom. The van der Waals surface area contributed by atoms with Crippen LogP contribution in [-0.2, 0) is 19.2 Å². The molecule has 4 heterocycles. The van der Waals surface area contributed by atoms with Crippen LogP contribution in [0.3, 0.4) is 0 Å². The van der Waals surface area contributed by atoms with Crippen molar-refractivity contribution in [1.29, 1.82) is 0 Å². The fourth-order valence-electron chi connectivity index (χ4n) is 7.46. The normalized spacial score (nSPS) is 28.9. The van der Waals surface area contributed by atoms with Gasteiger partial charge in [0.25, 0.3) is 11.8 Å². The Morgan fingerprint density at radius 1 is 0.357 bits per heavy atom. The molecule has 4 amide bonds. The van der Waals surface area contributed by atoms with Gasteiger partial charge in [-0.15, -0.1) is 0 Å². The molecule has 8 nitrogen and oxygen atoms in total. The van der Waals surface area contributed by atoms with Crippen LogP contribution in [0.2, 0.25) is 0 Å². The number of nitrogens with zero attached hydrogens (tertiary/aromatic N) is 4. The summed E-state index contributed by atoms with van der Waals surface area (Å²) in [4.78, 5) is 59.7. The molecule has 42 heavy (non-hydrogen) atoms. The number of para-hydroxylation sites is 2. The maximum absolute atomic E-state index is 14.3. The van der Waals surface area contributed by atoms with Crippen molar-refractivity contribution < 1.29 is 19.2 Å². The first-order valence-corrected chi connectivity index (χ1v) is 14.1. The molecular weight excluding hydrogens is 528 g/mol. The molecule has 4 aromatic carbocycles. The number of rotatable bonds is 4. The third kappa shape index (κ3) is 3.30. The molecule has 206 valence electrons. The molecular formula is C34H26N4O4. The maximum Gasteiger partial charge on any atom is 0.253 e. The van der Waals surface area contributed by atoms with Crippen LogP contribution in [0, 0.1) is 11.8 Å². The minimum atomic E-state index is -0.871. The summed E-state index contributed by atoms with van der Waals surface area (Å²) in [6, 6.07) is 34.0. The summed E-state index contributed by atoms with van der Waals surface area (Å²) in [5, 5.41) is 3.79. The predicted octanol–water partition coefficient (Wildman–Crippen LogP) is 4.13. The van der Waals surface area contributed by atoms with Gasteiger partial charge in [0.05, 0.1) is 35.3 Å². The van der Waals surface area contributed by atoms with Crippen molar-refractivity contribution in [1.82, 2.24) is 10.0 Å². The number of amides is 4. The molecule has 0 saturated carbocycles. The standard InChI is InChI=1S/C34H26N4O4/c39-31-25-27(21-13-5-1-6-14-21)37-30-26(32(40)36(34(30)42)24-19-11-4-12-20-24)28(22-15-7-2-8-16-22)38(37)29(25)33(41)35(31)23-17-9-3-10-18-23/h1-20,25-30H. The number of anilines is 2. The summed E-state index contributed by atoms with van der Waals surface area (Å²) < 4.78 is 0. The highest BCUT2D eigenvalue weighted by Crippen LogP contribution is 2.59. The number of fused-ring (bicyclic) bond motifs is 5. The minimum Gasteiger partial charge on any atom is -0.274 e. The molecule has 0 radical (unpaired) electrons. The van der Waals surface area contributed by atoms with Gasteiger partial charge in [-0.05, 0) is 35.4 Å². The van der Waals surface area contributed by atoms with Crippen LogP contribution in [0.5, 0.6) is 0 Å². The molecule has 4 saturated heterocycles. The van der Waals surface area contributed by atoms with Gasteiger partial charge in [-0.2, -0.15) is 0 Å². The van der Waals surface area contributed by atoms with Gasteiger partial charge in [-0.25, -0.2) is 19.8 Å². The Bertz CT molecular complexity index is 1590. The average Bonchev–Trinajstić information content (AvgIpc) is 3.70. The third-order valence-corrected chi connectivity index (χ3v) is 9.04. The zero-order valence-corrected chi connectivity index (χ0v) is 22.4. The molecule has 4 aromatic rings. The first-order valence-electron chi connectivity index (χ1n) is 14.1. The monoisotopic (exact) mass is 554 g/mol. The van der Waals surface area contributed by atoms with E-state index in [2.05, 4.69) is 0 Å². The quantitative estimate of drug-likeness (QED) is 0.353. The first-order chi connectivity index (χ1) is 20.6. The van der Waals surface area contributed by atoms with Crippen molar-refractivity contribution in [3.05, 3.63) is 132 Å². The second kappa shape index (κ2) is 9.30. The molecule has 0 N–H and O–H groups in total. The van der Waals surface area contributed by atoms with Crippen molar-refractivity contribution in [3.8, 4) is 0 Å². The summed E-state index contributed by atoms with van der Waals surface area (Å²) in [5.74, 6) is -2.83. The fourth-order valence-corrected chi connectivity index (χ4v) is 7.46. The summed E-state index contributed by atoms with van der Waals surface area (Å²) in [6.45, 7) is 0. The van der Waals surface area contributed by atoms with E-state index in [-0.39, 0.29) is 23.6 Å². The van der Waals surface area contributed by atoms with Crippen molar-refractivity contribution >= 4 is 35.0 Å². The van der Waals surface area contributed by atoms with Gasteiger partial charge in [0.1, 0.15) is 12.1 Å². The van der Waals surface area contributed by atoms with Crippen molar-refractivity contribution in [2.75, 3.05) is 9.80 Å². The van der Waals surface area contributed by atoms with E-state index in [1.807, 2.05) is 82.8 Å². The second-order valence-electron chi connectivity index (χ2n) is 11.1. The summed E-state index contributed by atoms with van der Waals surface area (Å²) in [6.07, 6.45) is 0. The van der Waals surface area contributed by atoms with E-state index >= 15 is 0 Å². The third-order valence-electron chi connectivity index (χ3n) is 9.04. The van der Waals surface area contributed by atoms with Crippen LogP contribution in [0.4, 0.5) is 11.4 Å². The zero-order valence-electron chi connectivity index (χ0n) is 22.4. The van der Waals surface area contributed by atoms with E-state index < -0.39 is 36.0 Å². The second-order valence-corrected chi connectivity index (χ2v) is 11.1. The van der Waals surface area contributed by atoms with Crippen molar-refractivity contribution in [2.24, 2.45) is 11.8 Å². The van der Waals surface area contributed by atoms with Crippen LogP contribution < -0.4 is 9.80 Å². The van der Waals surface area contributed by atoms with Crippen LogP contribution in [0.1, 0.15) is 23.2 Å². The molecule has 4 fully saturated rings. The van der Waals surface area contributed by atoms with Gasteiger partial charge in [0, 0.05) is 0 Å². The van der Waals surface area contributed by atoms with Crippen LogP contribution in [0.25, 0.3) is 0 Å². The lowest BCUT2D eigenvalue weighted by Gasteiger charge is -2.35. The first kappa shape index (κ1) is 24.8. The van der Waals surface area contributed by atoms with Crippen molar-refractivity contribution in [2.45, 2.75) is 24.2 Å². The maximum atomic E-state index is 14.3. The topological polar surface area (TPSA) is 81.2 Å². The molecule has 0 aliphatic carbocycles. The Morgan fingerprint density at radius 2 is 0.667 bits per heavy atom. The number of benzene rings is 4. The minimum absolute atomic E-state index is 0.306. The number of carbonyl (C=O) groups is 4. The zero-order chi connectivity index (χ0) is 28.5. The number of hydrogen-bond acceptors (Lipinski definition) is 6. The van der Waals surface area contributed by atoms with E-state index in [0.29, 0.717) is 11.4 Å².